The molecule has 5 heteroatoms. The van der Waals surface area contributed by atoms with Gasteiger partial charge in [-0.2, -0.15) is 0 Å². The summed E-state index contributed by atoms with van der Waals surface area (Å²) in [6.45, 7) is 2.76. The predicted molar refractivity (Wildman–Crippen MR) is 81.2 cm³/mol. The molecule has 0 bridgehead atoms. The van der Waals surface area contributed by atoms with Crippen molar-refractivity contribution in [2.75, 3.05) is 0 Å². The zero-order valence-electron chi connectivity index (χ0n) is 11.2. The molecule has 0 amide bonds. The maximum Gasteiger partial charge on any atom is 0.141 e. The molecule has 0 aliphatic heterocycles. The fourth-order valence-electron chi connectivity index (χ4n) is 1.98. The molecule has 0 fully saturated rings. The number of hydrogen-bond acceptors (Lipinski definition) is 4. The van der Waals surface area contributed by atoms with Crippen LogP contribution in [0.3, 0.4) is 0 Å². The van der Waals surface area contributed by atoms with Gasteiger partial charge in [0.05, 0.1) is 12.3 Å². The van der Waals surface area contributed by atoms with E-state index in [2.05, 4.69) is 26.2 Å². The van der Waals surface area contributed by atoms with Crippen LogP contribution in [-0.4, -0.2) is 15.2 Å². The van der Waals surface area contributed by atoms with Crippen LogP contribution in [0.25, 0.3) is 0 Å². The summed E-state index contributed by atoms with van der Waals surface area (Å²) in [5.41, 5.74) is 3.06. The van der Waals surface area contributed by atoms with Crippen LogP contribution in [0.4, 0.5) is 0 Å². The SMILES string of the molecule is Cc1ncc(CO)c(CNCc2ccccc2Br)c1O. The van der Waals surface area contributed by atoms with Crippen LogP contribution in [0.15, 0.2) is 34.9 Å². The molecule has 2 aromatic rings. The lowest BCUT2D eigenvalue weighted by Crippen LogP contribution is -2.15. The Bertz CT molecular complexity index is 602. The highest BCUT2D eigenvalue weighted by Gasteiger charge is 2.11. The van der Waals surface area contributed by atoms with Crippen molar-refractivity contribution in [2.24, 2.45) is 0 Å². The van der Waals surface area contributed by atoms with E-state index in [4.69, 9.17) is 0 Å². The number of halogens is 1. The van der Waals surface area contributed by atoms with E-state index in [1.165, 1.54) is 0 Å². The quantitative estimate of drug-likeness (QED) is 0.785. The molecule has 0 unspecified atom stereocenters. The molecule has 4 nitrogen and oxygen atoms in total. The third-order valence-corrected chi connectivity index (χ3v) is 3.95. The molecular formula is C15H17BrN2O2. The van der Waals surface area contributed by atoms with E-state index in [-0.39, 0.29) is 12.4 Å². The van der Waals surface area contributed by atoms with Gasteiger partial charge >= 0.3 is 0 Å². The number of nitrogens with one attached hydrogen (secondary N) is 1. The number of rotatable bonds is 5. The topological polar surface area (TPSA) is 65.4 Å². The van der Waals surface area contributed by atoms with Crippen LogP contribution in [0, 0.1) is 6.92 Å². The largest absolute Gasteiger partial charge is 0.506 e. The van der Waals surface area contributed by atoms with Gasteiger partial charge in [0.1, 0.15) is 5.75 Å². The Balaban J connectivity index is 2.08. The number of aryl methyl sites for hydroxylation is 1. The predicted octanol–water partition coefficient (Wildman–Crippen LogP) is 2.64. The van der Waals surface area contributed by atoms with Crippen LogP contribution in [0.2, 0.25) is 0 Å². The van der Waals surface area contributed by atoms with Crippen LogP contribution in [-0.2, 0) is 19.7 Å². The van der Waals surface area contributed by atoms with Gasteiger partial charge in [0.25, 0.3) is 0 Å². The molecule has 0 saturated heterocycles. The second-order valence-corrected chi connectivity index (χ2v) is 5.40. The standard InChI is InChI=1S/C15H17BrN2O2/c1-10-15(20)13(12(9-19)7-18-10)8-17-6-11-4-2-3-5-14(11)16/h2-5,7,17,19-20H,6,8-9H2,1H3. The van der Waals surface area contributed by atoms with Crippen molar-refractivity contribution in [3.8, 4) is 5.75 Å². The first-order valence-electron chi connectivity index (χ1n) is 6.34. The number of aliphatic hydroxyl groups excluding tert-OH is 1. The van der Waals surface area contributed by atoms with Crippen LogP contribution in [0.5, 0.6) is 5.75 Å². The second kappa shape index (κ2) is 6.83. The molecule has 0 aliphatic rings. The minimum atomic E-state index is -0.132. The first-order valence-corrected chi connectivity index (χ1v) is 7.14. The molecule has 1 heterocycles. The molecule has 20 heavy (non-hydrogen) atoms. The van der Waals surface area contributed by atoms with Gasteiger partial charge in [-0.15, -0.1) is 0 Å². The highest BCUT2D eigenvalue weighted by atomic mass is 79.9. The Morgan fingerprint density at radius 2 is 1.95 bits per heavy atom. The smallest absolute Gasteiger partial charge is 0.141 e. The maximum atomic E-state index is 10.0. The third-order valence-electron chi connectivity index (χ3n) is 3.18. The summed E-state index contributed by atoms with van der Waals surface area (Å²) in [6, 6.07) is 7.97. The lowest BCUT2D eigenvalue weighted by atomic mass is 10.1. The first kappa shape index (κ1) is 15.0. The normalized spacial score (nSPS) is 10.8. The monoisotopic (exact) mass is 336 g/mol. The summed E-state index contributed by atoms with van der Waals surface area (Å²) in [5.74, 6) is 0.149. The van der Waals surface area contributed by atoms with Gasteiger partial charge in [-0.05, 0) is 18.6 Å². The van der Waals surface area contributed by atoms with Crippen molar-refractivity contribution in [3.05, 3.63) is 57.3 Å². The molecule has 0 spiro atoms. The van der Waals surface area contributed by atoms with Crippen molar-refractivity contribution in [1.29, 1.82) is 0 Å². The van der Waals surface area contributed by atoms with E-state index in [1.807, 2.05) is 24.3 Å². The Labute approximate surface area is 126 Å². The zero-order valence-corrected chi connectivity index (χ0v) is 12.8. The van der Waals surface area contributed by atoms with Crippen molar-refractivity contribution >= 4 is 15.9 Å². The van der Waals surface area contributed by atoms with Crippen LogP contribution < -0.4 is 5.32 Å². The number of hydrogen-bond donors (Lipinski definition) is 3. The summed E-state index contributed by atoms with van der Waals surface area (Å²) in [5, 5.41) is 22.6. The number of benzene rings is 1. The molecule has 0 aliphatic carbocycles. The molecule has 0 saturated carbocycles. The molecule has 3 N–H and O–H groups in total. The van der Waals surface area contributed by atoms with Gasteiger partial charge in [-0.3, -0.25) is 4.98 Å². The van der Waals surface area contributed by atoms with E-state index in [0.717, 1.165) is 10.0 Å². The van der Waals surface area contributed by atoms with Crippen LogP contribution in [0.1, 0.15) is 22.4 Å². The number of aromatic nitrogens is 1. The van der Waals surface area contributed by atoms with E-state index >= 15 is 0 Å². The molecule has 1 aromatic heterocycles. The number of aromatic hydroxyl groups is 1. The van der Waals surface area contributed by atoms with E-state index < -0.39 is 0 Å². The lowest BCUT2D eigenvalue weighted by molar-refractivity contribution is 0.278. The van der Waals surface area contributed by atoms with Crippen molar-refractivity contribution in [2.45, 2.75) is 26.6 Å². The lowest BCUT2D eigenvalue weighted by Gasteiger charge is -2.12. The molecule has 0 radical (unpaired) electrons. The Morgan fingerprint density at radius 3 is 2.65 bits per heavy atom. The Hall–Kier alpha value is -1.43. The Morgan fingerprint density at radius 1 is 1.20 bits per heavy atom. The van der Waals surface area contributed by atoms with Crippen LogP contribution >= 0.6 is 15.9 Å². The molecule has 106 valence electrons. The zero-order chi connectivity index (χ0) is 14.5. The minimum absolute atomic E-state index is 0.132. The average Bonchev–Trinajstić information content (AvgIpc) is 2.45. The molecule has 0 atom stereocenters. The summed E-state index contributed by atoms with van der Waals surface area (Å²) in [7, 11) is 0. The number of nitrogens with zero attached hydrogens (tertiary/aromatic N) is 1. The Kier molecular flexibility index (Phi) is 5.11. The second-order valence-electron chi connectivity index (χ2n) is 4.55. The molecular weight excluding hydrogens is 320 g/mol. The van der Waals surface area contributed by atoms with Gasteiger partial charge in [-0.1, -0.05) is 34.1 Å². The fourth-order valence-corrected chi connectivity index (χ4v) is 2.41. The third kappa shape index (κ3) is 3.36. The number of aliphatic hydroxyl groups is 1. The highest BCUT2D eigenvalue weighted by molar-refractivity contribution is 9.10. The summed E-state index contributed by atoms with van der Waals surface area (Å²) >= 11 is 3.50. The average molecular weight is 337 g/mol. The van der Waals surface area contributed by atoms with Crippen molar-refractivity contribution < 1.29 is 10.2 Å². The van der Waals surface area contributed by atoms with Gasteiger partial charge in [-0.25, -0.2) is 0 Å². The maximum absolute atomic E-state index is 10.0. The minimum Gasteiger partial charge on any atom is -0.506 e. The van der Waals surface area contributed by atoms with Gasteiger partial charge in [0.2, 0.25) is 0 Å². The van der Waals surface area contributed by atoms with E-state index in [1.54, 1.807) is 13.1 Å². The molecule has 1 aromatic carbocycles. The molecule has 2 rings (SSSR count). The first-order chi connectivity index (χ1) is 9.63. The number of pyridine rings is 1. The van der Waals surface area contributed by atoms with Gasteiger partial charge < -0.3 is 15.5 Å². The van der Waals surface area contributed by atoms with E-state index in [9.17, 15) is 10.2 Å². The van der Waals surface area contributed by atoms with E-state index in [0.29, 0.717) is 29.9 Å². The highest BCUT2D eigenvalue weighted by Crippen LogP contribution is 2.24. The van der Waals surface area contributed by atoms with Gasteiger partial charge in [0.15, 0.2) is 0 Å². The van der Waals surface area contributed by atoms with Gasteiger partial charge in [0, 0.05) is 34.9 Å². The summed E-state index contributed by atoms with van der Waals surface area (Å²) in [6.07, 6.45) is 1.60. The fraction of sp³-hybridized carbons (Fsp3) is 0.267. The summed E-state index contributed by atoms with van der Waals surface area (Å²) < 4.78 is 1.05. The van der Waals surface area contributed by atoms with Crippen molar-refractivity contribution in [3.63, 3.8) is 0 Å². The summed E-state index contributed by atoms with van der Waals surface area (Å²) in [4.78, 5) is 4.05. The van der Waals surface area contributed by atoms with Crippen molar-refractivity contribution in [1.82, 2.24) is 10.3 Å².